The molecule has 2 saturated heterocycles. The van der Waals surface area contributed by atoms with Crippen molar-refractivity contribution < 1.29 is 32.5 Å². The summed E-state index contributed by atoms with van der Waals surface area (Å²) in [5, 5.41) is 13.7. The smallest absolute Gasteiger partial charge is 0.303 e. The van der Waals surface area contributed by atoms with Crippen molar-refractivity contribution in [2.75, 3.05) is 64.9 Å². The Morgan fingerprint density at radius 3 is 2.59 bits per heavy atom. The Labute approximate surface area is 256 Å². The van der Waals surface area contributed by atoms with Crippen LogP contribution in [0.4, 0.5) is 18.9 Å². The number of rotatable bonds is 13. The van der Waals surface area contributed by atoms with Crippen LogP contribution < -0.4 is 10.1 Å². The fraction of sp³-hybridized carbons (Fsp3) is 0.515. The van der Waals surface area contributed by atoms with Crippen molar-refractivity contribution in [3.63, 3.8) is 0 Å². The number of benzene rings is 2. The molecule has 0 aliphatic carbocycles. The zero-order valence-electron chi connectivity index (χ0n) is 25.2. The molecule has 238 valence electrons. The van der Waals surface area contributed by atoms with Crippen LogP contribution >= 0.6 is 0 Å². The predicted molar refractivity (Wildman–Crippen MR) is 162 cm³/mol. The Bertz CT molecular complexity index is 1440. The Balaban J connectivity index is 1.23. The third kappa shape index (κ3) is 7.99. The molecule has 0 spiro atoms. The van der Waals surface area contributed by atoms with Crippen LogP contribution in [0.25, 0.3) is 10.9 Å². The van der Waals surface area contributed by atoms with Gasteiger partial charge in [-0.1, -0.05) is 0 Å². The van der Waals surface area contributed by atoms with Gasteiger partial charge in [0.05, 0.1) is 37.9 Å². The Kier molecular flexibility index (Phi) is 10.6. The van der Waals surface area contributed by atoms with E-state index in [1.165, 1.54) is 11.1 Å². The quantitative estimate of drug-likeness (QED) is 0.245. The fourth-order valence-corrected chi connectivity index (χ4v) is 6.59. The third-order valence-corrected chi connectivity index (χ3v) is 9.09. The molecule has 44 heavy (non-hydrogen) atoms. The van der Waals surface area contributed by atoms with E-state index in [0.29, 0.717) is 32.2 Å². The second-order valence-electron chi connectivity index (χ2n) is 12.0. The van der Waals surface area contributed by atoms with E-state index >= 15 is 0 Å². The maximum Gasteiger partial charge on any atom is 0.303 e. The molecule has 0 unspecified atom stereocenters. The first-order valence-corrected chi connectivity index (χ1v) is 15.3. The van der Waals surface area contributed by atoms with E-state index in [1.807, 2.05) is 24.4 Å². The lowest BCUT2D eigenvalue weighted by atomic mass is 9.72. The molecule has 0 bridgehead atoms. The van der Waals surface area contributed by atoms with Crippen LogP contribution in [0, 0.1) is 22.9 Å². The number of nitrogens with zero attached hydrogens (tertiary/aromatic N) is 3. The van der Waals surface area contributed by atoms with Crippen LogP contribution in [0.3, 0.4) is 0 Å². The van der Waals surface area contributed by atoms with Crippen molar-refractivity contribution in [1.29, 1.82) is 0 Å². The minimum Gasteiger partial charge on any atom is -0.497 e. The van der Waals surface area contributed by atoms with Gasteiger partial charge in [-0.25, -0.2) is 13.2 Å². The van der Waals surface area contributed by atoms with E-state index in [4.69, 9.17) is 14.5 Å². The topological polar surface area (TPSA) is 87.2 Å². The van der Waals surface area contributed by atoms with Gasteiger partial charge in [-0.05, 0) is 79.9 Å². The molecule has 0 amide bonds. The summed E-state index contributed by atoms with van der Waals surface area (Å²) in [6.45, 7) is 6.24. The monoisotopic (exact) mass is 614 g/mol. The van der Waals surface area contributed by atoms with Crippen LogP contribution in [-0.2, 0) is 22.5 Å². The normalized spacial score (nSPS) is 17.5. The highest BCUT2D eigenvalue weighted by Crippen LogP contribution is 2.40. The lowest BCUT2D eigenvalue weighted by Crippen LogP contribution is -2.43. The standard InChI is InChI=1S/C33H41F3N4O4/c1-43-25-4-5-29-27(19-25)26(23(21-38-29)22-40-13-15-44-16-14-40)3-2-6-33(20-31(41)42)7-10-39(11-8-33)12-9-37-30-18-24(34)17-28(35)32(30)36/h4-5,17-19,21,37H,2-3,6-16,20,22H2,1H3,(H,41,42). The van der Waals surface area contributed by atoms with Crippen LogP contribution in [0.2, 0.25) is 0 Å². The number of methoxy groups -OCH3 is 1. The number of aromatic nitrogens is 1. The number of aliphatic carboxylic acids is 1. The molecule has 3 aromatic rings. The van der Waals surface area contributed by atoms with Gasteiger partial charge in [0, 0.05) is 56.4 Å². The average molecular weight is 615 g/mol. The van der Waals surface area contributed by atoms with E-state index in [0.717, 1.165) is 87.7 Å². The first kappa shape index (κ1) is 32.0. The Morgan fingerprint density at radius 1 is 1.09 bits per heavy atom. The van der Waals surface area contributed by atoms with E-state index < -0.39 is 23.4 Å². The molecule has 8 nitrogen and oxygen atoms in total. The predicted octanol–water partition coefficient (Wildman–Crippen LogP) is 5.48. The summed E-state index contributed by atoms with van der Waals surface area (Å²) in [5.41, 5.74) is 2.80. The number of aryl methyl sites for hydroxylation is 1. The first-order chi connectivity index (χ1) is 21.2. The molecule has 2 aliphatic heterocycles. The SMILES string of the molecule is COc1ccc2ncc(CN3CCOCC3)c(CCCC3(CC(=O)O)CCN(CCNc4cc(F)cc(F)c4F)CC3)c2c1. The lowest BCUT2D eigenvalue weighted by Gasteiger charge is -2.41. The van der Waals surface area contributed by atoms with Crippen molar-refractivity contribution in [3.8, 4) is 5.75 Å². The largest absolute Gasteiger partial charge is 0.497 e. The highest BCUT2D eigenvalue weighted by molar-refractivity contribution is 5.84. The van der Waals surface area contributed by atoms with Gasteiger partial charge >= 0.3 is 5.97 Å². The fourth-order valence-electron chi connectivity index (χ4n) is 6.59. The number of carbonyl (C=O) groups is 1. The number of morpholine rings is 1. The summed E-state index contributed by atoms with van der Waals surface area (Å²) in [6.07, 6.45) is 5.97. The van der Waals surface area contributed by atoms with Crippen molar-refractivity contribution in [1.82, 2.24) is 14.8 Å². The lowest BCUT2D eigenvalue weighted by molar-refractivity contribution is -0.140. The van der Waals surface area contributed by atoms with Gasteiger partial charge < -0.3 is 24.8 Å². The maximum atomic E-state index is 14.0. The molecular formula is C33H41F3N4O4. The summed E-state index contributed by atoms with van der Waals surface area (Å²) >= 11 is 0. The van der Waals surface area contributed by atoms with Crippen molar-refractivity contribution in [3.05, 3.63) is 65.1 Å². The van der Waals surface area contributed by atoms with E-state index in [1.54, 1.807) is 7.11 Å². The summed E-state index contributed by atoms with van der Waals surface area (Å²) < 4.78 is 52.1. The van der Waals surface area contributed by atoms with E-state index in [9.17, 15) is 23.1 Å². The first-order valence-electron chi connectivity index (χ1n) is 15.3. The number of anilines is 1. The number of carboxylic acids is 1. The second kappa shape index (κ2) is 14.6. The average Bonchev–Trinajstić information content (AvgIpc) is 3.01. The molecule has 1 aromatic heterocycles. The van der Waals surface area contributed by atoms with Crippen LogP contribution in [-0.4, -0.2) is 85.5 Å². The number of halogens is 3. The number of hydrogen-bond donors (Lipinski definition) is 2. The van der Waals surface area contributed by atoms with Crippen LogP contribution in [0.5, 0.6) is 5.75 Å². The number of carboxylic acid groups (broad SMARTS) is 1. The molecular weight excluding hydrogens is 573 g/mol. The molecule has 2 aromatic carbocycles. The van der Waals surface area contributed by atoms with Crippen molar-refractivity contribution in [2.45, 2.75) is 45.1 Å². The van der Waals surface area contributed by atoms with E-state index in [-0.39, 0.29) is 17.5 Å². The van der Waals surface area contributed by atoms with Gasteiger partial charge in [-0.15, -0.1) is 0 Å². The highest BCUT2D eigenvalue weighted by atomic mass is 19.2. The van der Waals surface area contributed by atoms with Gasteiger partial charge in [0.2, 0.25) is 0 Å². The summed E-state index contributed by atoms with van der Waals surface area (Å²) in [5.74, 6) is -3.18. The number of likely N-dealkylation sites (tertiary alicyclic amines) is 1. The zero-order chi connectivity index (χ0) is 31.1. The van der Waals surface area contributed by atoms with Gasteiger partial charge in [0.1, 0.15) is 11.6 Å². The van der Waals surface area contributed by atoms with Crippen molar-refractivity contribution >= 4 is 22.6 Å². The Hall–Kier alpha value is -3.41. The molecule has 5 rings (SSSR count). The second-order valence-corrected chi connectivity index (χ2v) is 12.0. The number of ether oxygens (including phenoxy) is 2. The third-order valence-electron chi connectivity index (χ3n) is 9.09. The van der Waals surface area contributed by atoms with Gasteiger partial charge in [0.25, 0.3) is 0 Å². The zero-order valence-corrected chi connectivity index (χ0v) is 25.2. The molecule has 0 atom stereocenters. The molecule has 0 radical (unpaired) electrons. The Morgan fingerprint density at radius 2 is 1.86 bits per heavy atom. The van der Waals surface area contributed by atoms with Crippen LogP contribution in [0.1, 0.15) is 43.2 Å². The summed E-state index contributed by atoms with van der Waals surface area (Å²) in [4.78, 5) is 21.3. The molecule has 2 fully saturated rings. The van der Waals surface area contributed by atoms with Gasteiger partial charge in [-0.3, -0.25) is 14.7 Å². The minimum atomic E-state index is -1.23. The molecule has 11 heteroatoms. The number of fused-ring (bicyclic) bond motifs is 1. The van der Waals surface area contributed by atoms with E-state index in [2.05, 4.69) is 15.1 Å². The van der Waals surface area contributed by atoms with Crippen LogP contribution in [0.15, 0.2) is 36.5 Å². The maximum absolute atomic E-state index is 14.0. The number of nitrogens with one attached hydrogen (secondary N) is 1. The number of piperidine rings is 1. The minimum absolute atomic E-state index is 0.110. The molecule has 3 heterocycles. The molecule has 2 N–H and O–H groups in total. The molecule has 0 saturated carbocycles. The van der Waals surface area contributed by atoms with Gasteiger partial charge in [0.15, 0.2) is 11.6 Å². The highest BCUT2D eigenvalue weighted by Gasteiger charge is 2.36. The number of pyridine rings is 1. The number of hydrogen-bond acceptors (Lipinski definition) is 7. The van der Waals surface area contributed by atoms with Gasteiger partial charge in [-0.2, -0.15) is 0 Å². The van der Waals surface area contributed by atoms with Crippen molar-refractivity contribution in [2.24, 2.45) is 5.41 Å². The summed E-state index contributed by atoms with van der Waals surface area (Å²) in [6, 6.07) is 7.40. The molecule has 2 aliphatic rings. The summed E-state index contributed by atoms with van der Waals surface area (Å²) in [7, 11) is 1.66.